The highest BCUT2D eigenvalue weighted by Gasteiger charge is 2.20. The van der Waals surface area contributed by atoms with E-state index >= 15 is 0 Å². The van der Waals surface area contributed by atoms with Crippen LogP contribution in [0.15, 0.2) is 35.6 Å². The zero-order chi connectivity index (χ0) is 13.2. The Morgan fingerprint density at radius 1 is 1.16 bits per heavy atom. The van der Waals surface area contributed by atoms with E-state index in [9.17, 15) is 4.79 Å². The molecule has 6 nitrogen and oxygen atoms in total. The van der Waals surface area contributed by atoms with Crippen LogP contribution in [0.4, 0.5) is 23.0 Å². The van der Waals surface area contributed by atoms with Crippen LogP contribution in [0.5, 0.6) is 0 Å². The lowest BCUT2D eigenvalue weighted by Gasteiger charge is -2.13. The molecule has 0 saturated heterocycles. The maximum atomic E-state index is 11.9. The van der Waals surface area contributed by atoms with Crippen LogP contribution in [0.1, 0.15) is 16.8 Å². The summed E-state index contributed by atoms with van der Waals surface area (Å²) in [4.78, 5) is 24.1. The van der Waals surface area contributed by atoms with Gasteiger partial charge in [-0.3, -0.25) is 4.79 Å². The number of carbonyl (C=O) groups is 1. The fourth-order valence-corrected chi connectivity index (χ4v) is 1.85. The number of nitrogen functional groups attached to an aromatic ring is 1. The van der Waals surface area contributed by atoms with E-state index < -0.39 is 0 Å². The molecular formula is C13H11N5O. The van der Waals surface area contributed by atoms with Gasteiger partial charge in [0.05, 0.1) is 0 Å². The molecule has 0 fully saturated rings. The Morgan fingerprint density at radius 2 is 1.95 bits per heavy atom. The molecule has 2 heterocycles. The first kappa shape index (κ1) is 11.3. The Labute approximate surface area is 109 Å². The van der Waals surface area contributed by atoms with Crippen molar-refractivity contribution >= 4 is 35.0 Å². The number of fused-ring (bicyclic) bond motifs is 1. The Morgan fingerprint density at radius 3 is 2.74 bits per heavy atom. The molecule has 1 aliphatic heterocycles. The van der Waals surface area contributed by atoms with Crippen molar-refractivity contribution in [1.29, 1.82) is 0 Å². The molecule has 6 heteroatoms. The lowest BCUT2D eigenvalue weighted by Crippen LogP contribution is -2.10. The highest BCUT2D eigenvalue weighted by atomic mass is 16.1. The van der Waals surface area contributed by atoms with Gasteiger partial charge in [0, 0.05) is 24.0 Å². The number of carbonyl (C=O) groups excluding carboxylic acids is 1. The van der Waals surface area contributed by atoms with Crippen LogP contribution in [-0.4, -0.2) is 22.0 Å². The van der Waals surface area contributed by atoms with Crippen LogP contribution in [0.2, 0.25) is 0 Å². The summed E-state index contributed by atoms with van der Waals surface area (Å²) in [5.41, 5.74) is 7.54. The molecule has 19 heavy (non-hydrogen) atoms. The monoisotopic (exact) mass is 253 g/mol. The van der Waals surface area contributed by atoms with E-state index in [1.54, 1.807) is 18.3 Å². The minimum atomic E-state index is -0.0384. The molecule has 2 aromatic rings. The topological polar surface area (TPSA) is 93.3 Å². The number of hydrogen-bond acceptors (Lipinski definition) is 6. The van der Waals surface area contributed by atoms with E-state index in [0.717, 1.165) is 5.69 Å². The van der Waals surface area contributed by atoms with Crippen molar-refractivity contribution < 1.29 is 4.79 Å². The second-order valence-corrected chi connectivity index (χ2v) is 4.11. The third kappa shape index (κ3) is 2.15. The quantitative estimate of drug-likeness (QED) is 0.799. The van der Waals surface area contributed by atoms with Gasteiger partial charge in [-0.1, -0.05) is 0 Å². The van der Waals surface area contributed by atoms with Gasteiger partial charge < -0.3 is 11.1 Å². The van der Waals surface area contributed by atoms with E-state index in [-0.39, 0.29) is 12.2 Å². The second kappa shape index (κ2) is 4.49. The number of aliphatic imine (C=N–C) groups is 1. The average Bonchev–Trinajstić information content (AvgIpc) is 2.42. The molecule has 0 aliphatic carbocycles. The Balaban J connectivity index is 2.00. The minimum absolute atomic E-state index is 0.0384. The summed E-state index contributed by atoms with van der Waals surface area (Å²) < 4.78 is 0. The molecule has 0 bridgehead atoms. The molecule has 0 saturated carbocycles. The number of Topliss-reactive ketones (excluding diaryl/α,β-unsaturated/α-hetero) is 1. The van der Waals surface area contributed by atoms with Gasteiger partial charge in [0.1, 0.15) is 17.7 Å². The molecule has 0 atom stereocenters. The molecule has 0 amide bonds. The molecule has 0 radical (unpaired) electrons. The third-order valence-electron chi connectivity index (χ3n) is 2.77. The number of ketones is 1. The van der Waals surface area contributed by atoms with Crippen LogP contribution in [0.3, 0.4) is 0 Å². The van der Waals surface area contributed by atoms with E-state index in [1.807, 2.05) is 12.1 Å². The largest absolute Gasteiger partial charge is 0.399 e. The standard InChI is InChI=1S/C13H11N5O/c14-8-1-3-9(4-2-8)18-13-11-10(19)5-6-15-12(11)16-7-17-13/h1-4,6-7H,5,14H2,(H,16,17,18). The Bertz CT molecular complexity index is 663. The molecule has 1 aromatic carbocycles. The van der Waals surface area contributed by atoms with Crippen molar-refractivity contribution in [2.45, 2.75) is 6.42 Å². The molecule has 0 unspecified atom stereocenters. The predicted octanol–water partition coefficient (Wildman–Crippen LogP) is 2.09. The van der Waals surface area contributed by atoms with Gasteiger partial charge in [-0.2, -0.15) is 0 Å². The third-order valence-corrected chi connectivity index (χ3v) is 2.77. The van der Waals surface area contributed by atoms with Crippen LogP contribution in [0.25, 0.3) is 0 Å². The number of benzene rings is 1. The summed E-state index contributed by atoms with van der Waals surface area (Å²) in [5.74, 6) is 0.837. The van der Waals surface area contributed by atoms with Gasteiger partial charge in [-0.05, 0) is 24.3 Å². The van der Waals surface area contributed by atoms with Crippen LogP contribution >= 0.6 is 0 Å². The fourth-order valence-electron chi connectivity index (χ4n) is 1.85. The summed E-state index contributed by atoms with van der Waals surface area (Å²) in [6.07, 6.45) is 3.22. The highest BCUT2D eigenvalue weighted by Crippen LogP contribution is 2.28. The zero-order valence-electron chi connectivity index (χ0n) is 10.00. The lowest BCUT2D eigenvalue weighted by atomic mass is 10.1. The normalized spacial score (nSPS) is 13.2. The van der Waals surface area contributed by atoms with Crippen molar-refractivity contribution in [3.8, 4) is 0 Å². The Kier molecular flexibility index (Phi) is 2.68. The van der Waals surface area contributed by atoms with Crippen molar-refractivity contribution in [2.75, 3.05) is 11.1 Å². The molecule has 1 aromatic heterocycles. The SMILES string of the molecule is Nc1ccc(Nc2ncnc3c2C(=O)CC=N3)cc1. The van der Waals surface area contributed by atoms with Gasteiger partial charge in [0.25, 0.3) is 0 Å². The molecule has 94 valence electrons. The first-order valence-corrected chi connectivity index (χ1v) is 5.77. The van der Waals surface area contributed by atoms with Gasteiger partial charge >= 0.3 is 0 Å². The number of rotatable bonds is 2. The fraction of sp³-hybridized carbons (Fsp3) is 0.0769. The summed E-state index contributed by atoms with van der Waals surface area (Å²) >= 11 is 0. The first-order valence-electron chi connectivity index (χ1n) is 5.77. The average molecular weight is 253 g/mol. The molecular weight excluding hydrogens is 242 g/mol. The zero-order valence-corrected chi connectivity index (χ0v) is 10.00. The molecule has 0 spiro atoms. The number of nitrogens with zero attached hydrogens (tertiary/aromatic N) is 3. The number of aromatic nitrogens is 2. The molecule has 3 N–H and O–H groups in total. The van der Waals surface area contributed by atoms with Crippen molar-refractivity contribution in [3.05, 3.63) is 36.2 Å². The van der Waals surface area contributed by atoms with Crippen molar-refractivity contribution in [2.24, 2.45) is 4.99 Å². The lowest BCUT2D eigenvalue weighted by molar-refractivity contribution is 0.100. The number of nitrogens with two attached hydrogens (primary N) is 1. The number of nitrogens with one attached hydrogen (secondary N) is 1. The van der Waals surface area contributed by atoms with E-state index in [2.05, 4.69) is 20.3 Å². The summed E-state index contributed by atoms with van der Waals surface area (Å²) in [5, 5.41) is 3.09. The predicted molar refractivity (Wildman–Crippen MR) is 73.3 cm³/mol. The van der Waals surface area contributed by atoms with Crippen LogP contribution in [-0.2, 0) is 0 Å². The van der Waals surface area contributed by atoms with Crippen LogP contribution < -0.4 is 11.1 Å². The Hall–Kier alpha value is -2.76. The van der Waals surface area contributed by atoms with E-state index in [4.69, 9.17) is 5.73 Å². The maximum Gasteiger partial charge on any atom is 0.175 e. The van der Waals surface area contributed by atoms with E-state index in [1.165, 1.54) is 6.33 Å². The first-order chi connectivity index (χ1) is 9.24. The summed E-state index contributed by atoms with van der Waals surface area (Å²) in [6, 6.07) is 7.19. The maximum absolute atomic E-state index is 11.9. The number of anilines is 3. The van der Waals surface area contributed by atoms with Gasteiger partial charge in [0.2, 0.25) is 0 Å². The van der Waals surface area contributed by atoms with Gasteiger partial charge in [-0.15, -0.1) is 0 Å². The summed E-state index contributed by atoms with van der Waals surface area (Å²) in [7, 11) is 0. The van der Waals surface area contributed by atoms with E-state index in [0.29, 0.717) is 22.9 Å². The second-order valence-electron chi connectivity index (χ2n) is 4.11. The van der Waals surface area contributed by atoms with Crippen molar-refractivity contribution in [1.82, 2.24) is 9.97 Å². The summed E-state index contributed by atoms with van der Waals surface area (Å²) in [6.45, 7) is 0. The highest BCUT2D eigenvalue weighted by molar-refractivity contribution is 6.12. The number of hydrogen-bond donors (Lipinski definition) is 2. The molecule has 1 aliphatic rings. The molecule has 3 rings (SSSR count). The minimum Gasteiger partial charge on any atom is -0.399 e. The smallest absolute Gasteiger partial charge is 0.175 e. The van der Waals surface area contributed by atoms with Crippen molar-refractivity contribution in [3.63, 3.8) is 0 Å². The van der Waals surface area contributed by atoms with Gasteiger partial charge in [0.15, 0.2) is 11.6 Å². The van der Waals surface area contributed by atoms with Crippen LogP contribution in [0, 0.1) is 0 Å². The van der Waals surface area contributed by atoms with Gasteiger partial charge in [-0.25, -0.2) is 15.0 Å².